The SMILES string of the molecule is CC(O)(CCF)c1ccc(Oc2ccccc2)cc1. The number of aliphatic hydroxyl groups is 1. The Kier molecular flexibility index (Phi) is 4.17. The summed E-state index contributed by atoms with van der Waals surface area (Å²) in [6.45, 7) is 1.06. The van der Waals surface area contributed by atoms with Crippen molar-refractivity contribution in [3.05, 3.63) is 60.2 Å². The maximum Gasteiger partial charge on any atom is 0.127 e. The van der Waals surface area contributed by atoms with Crippen molar-refractivity contribution in [2.75, 3.05) is 6.67 Å². The van der Waals surface area contributed by atoms with Crippen LogP contribution in [0.5, 0.6) is 11.5 Å². The van der Waals surface area contributed by atoms with Gasteiger partial charge in [0, 0.05) is 6.42 Å². The Bertz CT molecular complexity index is 506. The Morgan fingerprint density at radius 2 is 1.58 bits per heavy atom. The van der Waals surface area contributed by atoms with E-state index in [0.717, 1.165) is 5.75 Å². The molecule has 1 N–H and O–H groups in total. The molecule has 0 aliphatic carbocycles. The van der Waals surface area contributed by atoms with E-state index in [-0.39, 0.29) is 6.42 Å². The van der Waals surface area contributed by atoms with Gasteiger partial charge in [0.2, 0.25) is 0 Å². The Hall–Kier alpha value is -1.87. The number of hydrogen-bond acceptors (Lipinski definition) is 2. The quantitative estimate of drug-likeness (QED) is 0.879. The molecule has 0 aliphatic heterocycles. The Morgan fingerprint density at radius 1 is 1.00 bits per heavy atom. The van der Waals surface area contributed by atoms with Crippen molar-refractivity contribution in [1.29, 1.82) is 0 Å². The highest BCUT2D eigenvalue weighted by Crippen LogP contribution is 2.28. The Balaban J connectivity index is 2.11. The molecule has 2 rings (SSSR count). The van der Waals surface area contributed by atoms with Gasteiger partial charge >= 0.3 is 0 Å². The van der Waals surface area contributed by atoms with Crippen LogP contribution in [0.3, 0.4) is 0 Å². The van der Waals surface area contributed by atoms with E-state index in [9.17, 15) is 9.50 Å². The number of benzene rings is 2. The molecule has 3 heteroatoms. The summed E-state index contributed by atoms with van der Waals surface area (Å²) in [5.74, 6) is 1.44. The monoisotopic (exact) mass is 260 g/mol. The fraction of sp³-hybridized carbons (Fsp3) is 0.250. The molecule has 0 aromatic heterocycles. The normalized spacial score (nSPS) is 13.8. The van der Waals surface area contributed by atoms with Crippen molar-refractivity contribution >= 4 is 0 Å². The lowest BCUT2D eigenvalue weighted by Gasteiger charge is -2.22. The summed E-state index contributed by atoms with van der Waals surface area (Å²) in [5.41, 5.74) is -0.453. The minimum atomic E-state index is -1.14. The van der Waals surface area contributed by atoms with Crippen LogP contribution < -0.4 is 4.74 Å². The lowest BCUT2D eigenvalue weighted by molar-refractivity contribution is 0.0408. The van der Waals surface area contributed by atoms with Gasteiger partial charge in [0.1, 0.15) is 11.5 Å². The molecule has 0 saturated carbocycles. The summed E-state index contributed by atoms with van der Waals surface area (Å²) < 4.78 is 18.0. The molecule has 2 aromatic carbocycles. The van der Waals surface area contributed by atoms with E-state index in [2.05, 4.69) is 0 Å². The van der Waals surface area contributed by atoms with E-state index < -0.39 is 12.3 Å². The number of alkyl halides is 1. The van der Waals surface area contributed by atoms with Gasteiger partial charge in [-0.05, 0) is 36.8 Å². The molecule has 0 fully saturated rings. The van der Waals surface area contributed by atoms with Gasteiger partial charge in [0.25, 0.3) is 0 Å². The molecule has 19 heavy (non-hydrogen) atoms. The van der Waals surface area contributed by atoms with Gasteiger partial charge in [-0.15, -0.1) is 0 Å². The summed E-state index contributed by atoms with van der Waals surface area (Å²) >= 11 is 0. The molecule has 0 amide bonds. The zero-order valence-electron chi connectivity index (χ0n) is 10.8. The van der Waals surface area contributed by atoms with Crippen LogP contribution >= 0.6 is 0 Å². The molecule has 0 saturated heterocycles. The van der Waals surface area contributed by atoms with Crippen molar-refractivity contribution < 1.29 is 14.2 Å². The standard InChI is InChI=1S/C16H17FO2/c1-16(18,11-12-17)13-7-9-15(10-8-13)19-14-5-3-2-4-6-14/h2-10,18H,11-12H2,1H3. The summed E-state index contributed by atoms with van der Waals surface area (Å²) in [4.78, 5) is 0. The van der Waals surface area contributed by atoms with Gasteiger partial charge in [0.15, 0.2) is 0 Å². The predicted molar refractivity (Wildman–Crippen MR) is 73.1 cm³/mol. The third-order valence-electron chi connectivity index (χ3n) is 3.04. The fourth-order valence-electron chi connectivity index (χ4n) is 1.83. The van der Waals surface area contributed by atoms with Crippen molar-refractivity contribution in [3.63, 3.8) is 0 Å². The lowest BCUT2D eigenvalue weighted by Crippen LogP contribution is -2.21. The molecule has 0 aliphatic rings. The smallest absolute Gasteiger partial charge is 0.127 e. The van der Waals surface area contributed by atoms with Crippen LogP contribution in [0.4, 0.5) is 4.39 Å². The van der Waals surface area contributed by atoms with Crippen LogP contribution in [0, 0.1) is 0 Å². The number of halogens is 1. The van der Waals surface area contributed by atoms with Gasteiger partial charge in [-0.1, -0.05) is 30.3 Å². The van der Waals surface area contributed by atoms with Crippen molar-refractivity contribution in [2.24, 2.45) is 0 Å². The topological polar surface area (TPSA) is 29.5 Å². The summed E-state index contributed by atoms with van der Waals surface area (Å²) in [6.07, 6.45) is 0.0892. The number of hydrogen-bond donors (Lipinski definition) is 1. The van der Waals surface area contributed by atoms with E-state index in [1.165, 1.54) is 0 Å². The molecular weight excluding hydrogens is 243 g/mol. The highest BCUT2D eigenvalue weighted by Gasteiger charge is 2.22. The van der Waals surface area contributed by atoms with Crippen LogP contribution in [0.1, 0.15) is 18.9 Å². The maximum atomic E-state index is 12.4. The number of ether oxygens (including phenoxy) is 1. The van der Waals surface area contributed by atoms with Crippen molar-refractivity contribution in [3.8, 4) is 11.5 Å². The molecule has 1 unspecified atom stereocenters. The second-order valence-corrected chi connectivity index (χ2v) is 4.65. The van der Waals surface area contributed by atoms with Crippen LogP contribution in [-0.4, -0.2) is 11.8 Å². The van der Waals surface area contributed by atoms with Crippen molar-refractivity contribution in [1.82, 2.24) is 0 Å². The maximum absolute atomic E-state index is 12.4. The van der Waals surface area contributed by atoms with Crippen LogP contribution in [0.25, 0.3) is 0 Å². The first-order valence-corrected chi connectivity index (χ1v) is 6.23. The molecule has 0 radical (unpaired) electrons. The first-order chi connectivity index (χ1) is 9.12. The van der Waals surface area contributed by atoms with E-state index in [1.807, 2.05) is 30.3 Å². The minimum Gasteiger partial charge on any atom is -0.457 e. The van der Waals surface area contributed by atoms with Gasteiger partial charge < -0.3 is 9.84 Å². The predicted octanol–water partition coefficient (Wildman–Crippen LogP) is 4.05. The Morgan fingerprint density at radius 3 is 2.16 bits per heavy atom. The largest absolute Gasteiger partial charge is 0.457 e. The second-order valence-electron chi connectivity index (χ2n) is 4.65. The lowest BCUT2D eigenvalue weighted by atomic mass is 9.93. The summed E-state index contributed by atoms with van der Waals surface area (Å²) in [7, 11) is 0. The van der Waals surface area contributed by atoms with Crippen LogP contribution in [-0.2, 0) is 5.60 Å². The molecular formula is C16H17FO2. The third-order valence-corrected chi connectivity index (χ3v) is 3.04. The molecule has 0 spiro atoms. The fourth-order valence-corrected chi connectivity index (χ4v) is 1.83. The molecule has 100 valence electrons. The van der Waals surface area contributed by atoms with Gasteiger partial charge in [-0.2, -0.15) is 0 Å². The van der Waals surface area contributed by atoms with E-state index >= 15 is 0 Å². The van der Waals surface area contributed by atoms with Gasteiger partial charge in [-0.25, -0.2) is 0 Å². The van der Waals surface area contributed by atoms with Crippen molar-refractivity contribution in [2.45, 2.75) is 18.9 Å². The number of para-hydroxylation sites is 1. The average molecular weight is 260 g/mol. The molecule has 0 bridgehead atoms. The Labute approximate surface area is 112 Å². The first kappa shape index (κ1) is 13.6. The van der Waals surface area contributed by atoms with Gasteiger partial charge in [0.05, 0.1) is 12.3 Å². The molecule has 2 aromatic rings. The highest BCUT2D eigenvalue weighted by atomic mass is 19.1. The number of rotatable bonds is 5. The average Bonchev–Trinajstić information content (AvgIpc) is 2.40. The minimum absolute atomic E-state index is 0.0892. The molecule has 1 atom stereocenters. The zero-order valence-corrected chi connectivity index (χ0v) is 10.8. The second kappa shape index (κ2) is 5.85. The summed E-state index contributed by atoms with van der Waals surface area (Å²) in [5, 5.41) is 10.1. The van der Waals surface area contributed by atoms with E-state index in [0.29, 0.717) is 11.3 Å². The molecule has 2 nitrogen and oxygen atoms in total. The highest BCUT2D eigenvalue weighted by molar-refractivity contribution is 5.34. The van der Waals surface area contributed by atoms with Crippen LogP contribution in [0.15, 0.2) is 54.6 Å². The first-order valence-electron chi connectivity index (χ1n) is 6.23. The van der Waals surface area contributed by atoms with Gasteiger partial charge in [-0.3, -0.25) is 4.39 Å². The van der Waals surface area contributed by atoms with E-state index in [4.69, 9.17) is 4.74 Å². The van der Waals surface area contributed by atoms with E-state index in [1.54, 1.807) is 31.2 Å². The van der Waals surface area contributed by atoms with Crippen LogP contribution in [0.2, 0.25) is 0 Å². The third kappa shape index (κ3) is 3.55. The zero-order chi connectivity index (χ0) is 13.7. The summed E-state index contributed by atoms with van der Waals surface area (Å²) in [6, 6.07) is 16.5. The molecule has 0 heterocycles.